The molecule has 1 unspecified atom stereocenters. The molecule has 0 aromatic carbocycles. The predicted octanol–water partition coefficient (Wildman–Crippen LogP) is 2.45. The summed E-state index contributed by atoms with van der Waals surface area (Å²) in [7, 11) is 0. The maximum Gasteiger partial charge on any atom is 0.254 e. The Morgan fingerprint density at radius 3 is 2.76 bits per heavy atom. The zero-order chi connectivity index (χ0) is 20.0. The second-order valence-corrected chi connectivity index (χ2v) is 8.22. The number of hydrogen-bond donors (Lipinski definition) is 1. The number of fused-ring (bicyclic) bond motifs is 3. The van der Waals surface area contributed by atoms with Gasteiger partial charge in [-0.2, -0.15) is 0 Å². The van der Waals surface area contributed by atoms with E-state index < -0.39 is 0 Å². The number of aromatic nitrogens is 2. The number of amides is 2. The molecule has 1 saturated heterocycles. The topological polar surface area (TPSA) is 79.9 Å². The van der Waals surface area contributed by atoms with Crippen LogP contribution in [0.1, 0.15) is 34.5 Å². The van der Waals surface area contributed by atoms with Crippen molar-refractivity contribution in [2.45, 2.75) is 32.2 Å². The Hall–Kier alpha value is -3.09. The molecule has 29 heavy (non-hydrogen) atoms. The van der Waals surface area contributed by atoms with Gasteiger partial charge in [0.15, 0.2) is 0 Å². The standard InChI is InChI=1S/C22H24N4O3/c1-14-3-2-7-26-18(10-23-21(14)26)9-19(27)25-11-15-4-5-16(12-25)20(15)24-22(28)17-6-8-29-13-17/h2-3,6-8,10,13,15-16,20H,4-5,9,11-12H2,1H3,(H,24,28)/t15-,16+,20?. The van der Waals surface area contributed by atoms with Gasteiger partial charge in [-0.05, 0) is 49.3 Å². The molecule has 150 valence electrons. The zero-order valence-electron chi connectivity index (χ0n) is 16.4. The Morgan fingerprint density at radius 1 is 1.24 bits per heavy atom. The fourth-order valence-electron chi connectivity index (χ4n) is 4.89. The molecule has 5 rings (SSSR count). The van der Waals surface area contributed by atoms with E-state index in [0.29, 0.717) is 36.9 Å². The number of nitrogens with zero attached hydrogens (tertiary/aromatic N) is 3. The van der Waals surface area contributed by atoms with Crippen molar-refractivity contribution in [3.63, 3.8) is 0 Å². The van der Waals surface area contributed by atoms with Crippen LogP contribution >= 0.6 is 0 Å². The van der Waals surface area contributed by atoms with E-state index in [0.717, 1.165) is 29.7 Å². The number of nitrogens with one attached hydrogen (secondary N) is 1. The van der Waals surface area contributed by atoms with Gasteiger partial charge in [0.2, 0.25) is 5.91 Å². The second kappa shape index (κ2) is 7.06. The zero-order valence-corrected chi connectivity index (χ0v) is 16.4. The third-order valence-corrected chi connectivity index (χ3v) is 6.41. The Morgan fingerprint density at radius 2 is 2.03 bits per heavy atom. The summed E-state index contributed by atoms with van der Waals surface area (Å²) < 4.78 is 7.01. The first-order chi connectivity index (χ1) is 14.1. The van der Waals surface area contributed by atoms with E-state index in [-0.39, 0.29) is 17.9 Å². The van der Waals surface area contributed by atoms with Gasteiger partial charge in [0, 0.05) is 31.5 Å². The molecule has 7 heteroatoms. The number of imidazole rings is 1. The summed E-state index contributed by atoms with van der Waals surface area (Å²) in [5, 5.41) is 3.17. The molecule has 0 radical (unpaired) electrons. The molecule has 1 N–H and O–H groups in total. The fraction of sp³-hybridized carbons (Fsp3) is 0.409. The summed E-state index contributed by atoms with van der Waals surface area (Å²) in [6.45, 7) is 3.41. The van der Waals surface area contributed by atoms with Crippen LogP contribution in [0.5, 0.6) is 0 Å². The smallest absolute Gasteiger partial charge is 0.254 e. The van der Waals surface area contributed by atoms with Gasteiger partial charge in [-0.1, -0.05) is 6.07 Å². The lowest BCUT2D eigenvalue weighted by atomic mass is 9.91. The highest BCUT2D eigenvalue weighted by Gasteiger charge is 2.44. The van der Waals surface area contributed by atoms with E-state index in [1.807, 2.05) is 34.6 Å². The van der Waals surface area contributed by atoms with E-state index in [4.69, 9.17) is 4.42 Å². The summed E-state index contributed by atoms with van der Waals surface area (Å²) >= 11 is 0. The minimum atomic E-state index is -0.0958. The molecular weight excluding hydrogens is 368 g/mol. The van der Waals surface area contributed by atoms with E-state index in [9.17, 15) is 9.59 Å². The number of pyridine rings is 1. The number of hydrogen-bond acceptors (Lipinski definition) is 4. The number of carbonyl (C=O) groups is 2. The summed E-state index contributed by atoms with van der Waals surface area (Å²) in [5.74, 6) is 0.641. The Kier molecular flexibility index (Phi) is 4.38. The van der Waals surface area contributed by atoms with E-state index in [1.165, 1.54) is 12.5 Å². The van der Waals surface area contributed by atoms with Crippen LogP contribution in [0.3, 0.4) is 0 Å². The number of furan rings is 1. The molecule has 3 atom stereocenters. The van der Waals surface area contributed by atoms with Crippen LogP contribution in [0.15, 0.2) is 47.5 Å². The lowest BCUT2D eigenvalue weighted by Crippen LogP contribution is -2.54. The minimum absolute atomic E-state index is 0.0958. The van der Waals surface area contributed by atoms with Crippen molar-refractivity contribution >= 4 is 17.5 Å². The molecule has 3 aromatic rings. The monoisotopic (exact) mass is 392 g/mol. The maximum absolute atomic E-state index is 13.0. The molecule has 4 heterocycles. The predicted molar refractivity (Wildman–Crippen MR) is 106 cm³/mol. The normalized spacial score (nSPS) is 23.5. The molecule has 1 saturated carbocycles. The van der Waals surface area contributed by atoms with Gasteiger partial charge >= 0.3 is 0 Å². The first kappa shape index (κ1) is 18.0. The van der Waals surface area contributed by atoms with Gasteiger partial charge in [0.1, 0.15) is 11.9 Å². The van der Waals surface area contributed by atoms with Crippen molar-refractivity contribution in [2.24, 2.45) is 11.8 Å². The highest BCUT2D eigenvalue weighted by Crippen LogP contribution is 2.37. The first-order valence-corrected chi connectivity index (χ1v) is 10.1. The molecule has 1 aliphatic carbocycles. The van der Waals surface area contributed by atoms with Crippen LogP contribution in [0.25, 0.3) is 5.65 Å². The molecule has 2 bridgehead atoms. The Bertz CT molecular complexity index is 1040. The molecule has 1 aliphatic heterocycles. The lowest BCUT2D eigenvalue weighted by molar-refractivity contribution is -0.133. The minimum Gasteiger partial charge on any atom is -0.472 e. The van der Waals surface area contributed by atoms with Crippen LogP contribution in [0.2, 0.25) is 0 Å². The molecule has 2 fully saturated rings. The fourth-order valence-corrected chi connectivity index (χ4v) is 4.89. The lowest BCUT2D eigenvalue weighted by Gasteiger charge is -2.38. The van der Waals surface area contributed by atoms with E-state index in [2.05, 4.69) is 10.3 Å². The van der Waals surface area contributed by atoms with Crippen molar-refractivity contribution in [3.05, 3.63) is 59.9 Å². The van der Waals surface area contributed by atoms with Crippen LogP contribution in [-0.4, -0.2) is 45.2 Å². The summed E-state index contributed by atoms with van der Waals surface area (Å²) in [6.07, 6.45) is 9.15. The third-order valence-electron chi connectivity index (χ3n) is 6.41. The number of rotatable bonds is 4. The van der Waals surface area contributed by atoms with Gasteiger partial charge < -0.3 is 19.0 Å². The first-order valence-electron chi connectivity index (χ1n) is 10.1. The summed E-state index contributed by atoms with van der Waals surface area (Å²) in [4.78, 5) is 31.9. The van der Waals surface area contributed by atoms with Gasteiger partial charge in [0.25, 0.3) is 5.91 Å². The van der Waals surface area contributed by atoms with Crippen molar-refractivity contribution in [1.82, 2.24) is 19.6 Å². The van der Waals surface area contributed by atoms with Gasteiger partial charge in [-0.15, -0.1) is 0 Å². The largest absolute Gasteiger partial charge is 0.472 e. The quantitative estimate of drug-likeness (QED) is 0.740. The van der Waals surface area contributed by atoms with E-state index in [1.54, 1.807) is 12.3 Å². The highest BCUT2D eigenvalue weighted by molar-refractivity contribution is 5.94. The molecule has 2 aliphatic rings. The third kappa shape index (κ3) is 3.20. The SMILES string of the molecule is Cc1cccn2c(CC(=O)N3C[C@H]4CC[C@@H](C3)C4NC(=O)c3ccoc3)cnc12. The number of likely N-dealkylation sites (tertiary alicyclic amines) is 1. The number of piperidine rings is 1. The van der Waals surface area contributed by atoms with Crippen LogP contribution in [-0.2, 0) is 11.2 Å². The van der Waals surface area contributed by atoms with Crippen LogP contribution in [0.4, 0.5) is 0 Å². The Labute approximate surface area is 168 Å². The molecule has 3 aromatic heterocycles. The maximum atomic E-state index is 13.0. The second-order valence-electron chi connectivity index (χ2n) is 8.22. The number of carbonyl (C=O) groups excluding carboxylic acids is 2. The van der Waals surface area contributed by atoms with Crippen molar-refractivity contribution in [1.29, 1.82) is 0 Å². The van der Waals surface area contributed by atoms with Gasteiger partial charge in [0.05, 0.1) is 23.9 Å². The molecule has 7 nitrogen and oxygen atoms in total. The number of aryl methyl sites for hydroxylation is 1. The highest BCUT2D eigenvalue weighted by atomic mass is 16.3. The molecule has 0 spiro atoms. The van der Waals surface area contributed by atoms with Crippen molar-refractivity contribution < 1.29 is 14.0 Å². The molecular formula is C22H24N4O3. The molecule has 2 amide bonds. The van der Waals surface area contributed by atoms with E-state index >= 15 is 0 Å². The average Bonchev–Trinajstić information content (AvgIpc) is 3.42. The van der Waals surface area contributed by atoms with Crippen molar-refractivity contribution in [3.8, 4) is 0 Å². The summed E-state index contributed by atoms with van der Waals surface area (Å²) in [6, 6.07) is 5.80. The van der Waals surface area contributed by atoms with Gasteiger partial charge in [-0.25, -0.2) is 4.98 Å². The van der Waals surface area contributed by atoms with Crippen LogP contribution in [0, 0.1) is 18.8 Å². The average molecular weight is 392 g/mol. The van der Waals surface area contributed by atoms with Gasteiger partial charge in [-0.3, -0.25) is 9.59 Å². The summed E-state index contributed by atoms with van der Waals surface area (Å²) in [5.41, 5.74) is 3.46. The van der Waals surface area contributed by atoms with Crippen LogP contribution < -0.4 is 5.32 Å². The van der Waals surface area contributed by atoms with Crippen molar-refractivity contribution in [2.75, 3.05) is 13.1 Å². The Balaban J connectivity index is 1.26.